The van der Waals surface area contributed by atoms with Gasteiger partial charge in [-0.15, -0.1) is 0 Å². The fourth-order valence-electron chi connectivity index (χ4n) is 8.60. The Labute approximate surface area is 288 Å². The molecule has 0 radical (unpaired) electrons. The Morgan fingerprint density at radius 3 is 2.35 bits per heavy atom. The lowest BCUT2D eigenvalue weighted by atomic mass is 9.99. The Morgan fingerprint density at radius 1 is 0.958 bits per heavy atom. The van der Waals surface area contributed by atoms with Crippen molar-refractivity contribution in [2.75, 3.05) is 63.9 Å². The van der Waals surface area contributed by atoms with Crippen molar-refractivity contribution in [1.82, 2.24) is 24.5 Å². The van der Waals surface area contributed by atoms with Gasteiger partial charge < -0.3 is 35.4 Å². The number of carbonyl (C=O) groups excluding carboxylic acids is 3. The minimum atomic E-state index is -0.975. The van der Waals surface area contributed by atoms with Gasteiger partial charge in [-0.3, -0.25) is 9.69 Å². The molecule has 12 heteroatoms. The van der Waals surface area contributed by atoms with Gasteiger partial charge in [0, 0.05) is 82.1 Å². The molecule has 0 saturated carbocycles. The fraction of sp³-hybridized carbons (Fsp3) is 0.583. The number of halogens is 1. The van der Waals surface area contributed by atoms with Crippen molar-refractivity contribution in [1.29, 1.82) is 0 Å². The van der Waals surface area contributed by atoms with Crippen LogP contribution in [0.3, 0.4) is 0 Å². The second-order valence-electron chi connectivity index (χ2n) is 14.4. The number of nitrogen functional groups attached to an aromatic ring is 1. The summed E-state index contributed by atoms with van der Waals surface area (Å²) < 4.78 is 6.07. The van der Waals surface area contributed by atoms with Crippen molar-refractivity contribution in [2.45, 2.75) is 82.1 Å². The van der Waals surface area contributed by atoms with Gasteiger partial charge >= 0.3 is 12.1 Å². The predicted molar refractivity (Wildman–Crippen MR) is 186 cm³/mol. The maximum Gasteiger partial charge on any atom is 0.410 e. The molecule has 48 heavy (non-hydrogen) atoms. The minimum absolute atomic E-state index is 0.0215. The van der Waals surface area contributed by atoms with E-state index in [2.05, 4.69) is 22.2 Å². The van der Waals surface area contributed by atoms with Gasteiger partial charge in [0.05, 0.1) is 10.7 Å². The van der Waals surface area contributed by atoms with Crippen molar-refractivity contribution in [3.05, 3.63) is 58.1 Å². The molecule has 4 fully saturated rings. The number of ether oxygens (including phenoxy) is 1. The molecule has 7 rings (SSSR count). The number of fused-ring (bicyclic) bond motifs is 3. The lowest BCUT2D eigenvalue weighted by Crippen LogP contribution is -2.55. The maximum atomic E-state index is 14.1. The number of amides is 4. The number of nitrogens with one attached hydrogen (secondary N) is 1. The number of piperazine rings is 1. The first-order valence-corrected chi connectivity index (χ1v) is 17.9. The van der Waals surface area contributed by atoms with Gasteiger partial charge in [0.2, 0.25) is 0 Å². The number of hydrogen-bond acceptors (Lipinski definition) is 7. The number of piperidine rings is 2. The average Bonchev–Trinajstić information content (AvgIpc) is 3.62. The summed E-state index contributed by atoms with van der Waals surface area (Å²) in [6, 6.07) is 13.3. The maximum absolute atomic E-state index is 14.1. The second-order valence-corrected chi connectivity index (χ2v) is 14.8. The number of aryl methyl sites for hydroxylation is 1. The molecule has 0 aliphatic carbocycles. The Balaban J connectivity index is 0.983. The van der Waals surface area contributed by atoms with Crippen molar-refractivity contribution >= 4 is 41.0 Å². The number of nitrogens with zero attached hydrogens (tertiary/aromatic N) is 5. The van der Waals surface area contributed by atoms with E-state index < -0.39 is 12.2 Å². The SMILES string of the molecule is Cc1cc(C[C@@H](OC(=O)N2CCC(N3CCc4ccccc4NC3=O)CC2)C(=O)N2CCC(N3CC4CC3CN4C)CC2)cc(Cl)c1N. The minimum Gasteiger partial charge on any atom is -0.436 e. The molecule has 0 aromatic heterocycles. The van der Waals surface area contributed by atoms with Crippen molar-refractivity contribution < 1.29 is 19.1 Å². The zero-order valence-electron chi connectivity index (χ0n) is 28.1. The van der Waals surface area contributed by atoms with Crippen LogP contribution in [0.15, 0.2) is 36.4 Å². The lowest BCUT2D eigenvalue weighted by molar-refractivity contribution is -0.142. The van der Waals surface area contributed by atoms with Crippen LogP contribution in [0.2, 0.25) is 5.02 Å². The number of para-hydroxylation sites is 1. The molecule has 4 saturated heterocycles. The first-order chi connectivity index (χ1) is 23.1. The van der Waals surface area contributed by atoms with E-state index in [1.54, 1.807) is 11.0 Å². The summed E-state index contributed by atoms with van der Waals surface area (Å²) in [6.45, 7) is 6.95. The smallest absolute Gasteiger partial charge is 0.410 e. The molecule has 11 nitrogen and oxygen atoms in total. The highest BCUT2D eigenvalue weighted by molar-refractivity contribution is 6.33. The van der Waals surface area contributed by atoms with E-state index in [-0.39, 0.29) is 24.4 Å². The molecule has 5 aliphatic heterocycles. The molecular weight excluding hydrogens is 630 g/mol. The highest BCUT2D eigenvalue weighted by Gasteiger charge is 2.45. The van der Waals surface area contributed by atoms with Crippen LogP contribution in [0.4, 0.5) is 21.0 Å². The molecule has 5 aliphatic rings. The van der Waals surface area contributed by atoms with Crippen LogP contribution in [0, 0.1) is 6.92 Å². The third kappa shape index (κ3) is 6.69. The molecule has 2 aromatic carbocycles. The Kier molecular flexibility index (Phi) is 9.45. The van der Waals surface area contributed by atoms with Gasteiger partial charge in [0.25, 0.3) is 5.91 Å². The summed E-state index contributed by atoms with van der Waals surface area (Å²) >= 11 is 6.42. The lowest BCUT2D eigenvalue weighted by Gasteiger charge is -2.42. The first-order valence-electron chi connectivity index (χ1n) is 17.5. The van der Waals surface area contributed by atoms with Gasteiger partial charge in [0.15, 0.2) is 6.10 Å². The number of nitrogens with two attached hydrogens (primary N) is 1. The summed E-state index contributed by atoms with van der Waals surface area (Å²) in [6.07, 6.45) is 3.92. The van der Waals surface area contributed by atoms with Crippen LogP contribution < -0.4 is 11.1 Å². The zero-order chi connectivity index (χ0) is 33.5. The van der Waals surface area contributed by atoms with Crippen LogP contribution >= 0.6 is 11.6 Å². The third-order valence-corrected chi connectivity index (χ3v) is 11.8. The van der Waals surface area contributed by atoms with E-state index >= 15 is 0 Å². The topological polar surface area (TPSA) is 115 Å². The van der Waals surface area contributed by atoms with E-state index in [1.165, 1.54) is 6.42 Å². The monoisotopic (exact) mass is 677 g/mol. The van der Waals surface area contributed by atoms with Crippen molar-refractivity contribution in [3.8, 4) is 0 Å². The predicted octanol–water partition coefficient (Wildman–Crippen LogP) is 4.21. The van der Waals surface area contributed by atoms with E-state index in [9.17, 15) is 14.4 Å². The van der Waals surface area contributed by atoms with E-state index in [4.69, 9.17) is 22.1 Å². The number of carbonyl (C=O) groups is 3. The van der Waals surface area contributed by atoms with Crippen molar-refractivity contribution in [2.24, 2.45) is 0 Å². The summed E-state index contributed by atoms with van der Waals surface area (Å²) in [5.41, 5.74) is 10.2. The van der Waals surface area contributed by atoms with Gasteiger partial charge in [-0.05, 0) is 81.3 Å². The largest absolute Gasteiger partial charge is 0.436 e. The third-order valence-electron chi connectivity index (χ3n) is 11.4. The molecule has 3 N–H and O–H groups in total. The van der Waals surface area contributed by atoms with Gasteiger partial charge in [-0.2, -0.15) is 0 Å². The number of rotatable bonds is 6. The first kappa shape index (κ1) is 33.0. The summed E-state index contributed by atoms with van der Waals surface area (Å²) in [5, 5.41) is 3.48. The number of urea groups is 1. The van der Waals surface area contributed by atoms with Crippen LogP contribution in [-0.2, 0) is 22.4 Å². The number of hydrogen-bond donors (Lipinski definition) is 2. The summed E-state index contributed by atoms with van der Waals surface area (Å²) in [4.78, 5) is 51.4. The highest BCUT2D eigenvalue weighted by Crippen LogP contribution is 2.34. The second kappa shape index (κ2) is 13.8. The number of benzene rings is 2. The number of likely N-dealkylation sites (N-methyl/N-ethyl adjacent to an activating group) is 1. The molecule has 258 valence electrons. The van der Waals surface area contributed by atoms with E-state index in [0.717, 1.165) is 54.7 Å². The average molecular weight is 678 g/mol. The molecule has 0 spiro atoms. The molecule has 2 bridgehead atoms. The molecule has 4 amide bonds. The fourth-order valence-corrected chi connectivity index (χ4v) is 8.89. The standard InChI is InChI=1S/C36H48ClN7O4/c1-23-17-24(18-30(37)33(23)38)19-32(34(45)41-12-8-27(9-13-41)44-22-28-20-29(44)21-40(28)2)48-36(47)42-14-10-26(11-15-42)43-16-7-25-5-3-4-6-31(25)39-35(43)46/h3-6,17-18,26-29,32H,7-16,19-22,38H2,1-2H3,(H,39,46)/t28?,29?,32-/m1/s1. The Morgan fingerprint density at radius 2 is 1.67 bits per heavy atom. The normalized spacial score (nSPS) is 24.7. The van der Waals surface area contributed by atoms with Gasteiger partial charge in [-0.1, -0.05) is 35.9 Å². The molecule has 2 aromatic rings. The van der Waals surface area contributed by atoms with Crippen LogP contribution in [0.25, 0.3) is 0 Å². The summed E-state index contributed by atoms with van der Waals surface area (Å²) in [7, 11) is 2.22. The Hall–Kier alpha value is -3.54. The van der Waals surface area contributed by atoms with E-state index in [0.29, 0.717) is 74.4 Å². The molecule has 2 unspecified atom stereocenters. The molecular formula is C36H48ClN7O4. The highest BCUT2D eigenvalue weighted by atomic mass is 35.5. The van der Waals surface area contributed by atoms with Crippen LogP contribution in [0.1, 0.15) is 48.8 Å². The zero-order valence-corrected chi connectivity index (χ0v) is 28.8. The van der Waals surface area contributed by atoms with E-state index in [1.807, 2.05) is 47.1 Å². The quantitative estimate of drug-likeness (QED) is 0.441. The Bertz CT molecular complexity index is 1510. The van der Waals surface area contributed by atoms with Gasteiger partial charge in [0.1, 0.15) is 0 Å². The summed E-state index contributed by atoms with van der Waals surface area (Å²) in [5.74, 6) is -0.161. The molecule has 5 heterocycles. The van der Waals surface area contributed by atoms with Crippen molar-refractivity contribution in [3.63, 3.8) is 0 Å². The van der Waals surface area contributed by atoms with Gasteiger partial charge in [-0.25, -0.2) is 9.59 Å². The van der Waals surface area contributed by atoms with Crippen LogP contribution in [-0.4, -0.2) is 126 Å². The number of likely N-dealkylation sites (tertiary alicyclic amines) is 4. The van der Waals surface area contributed by atoms with Crippen LogP contribution in [0.5, 0.6) is 0 Å². The number of anilines is 2. The molecule has 3 atom stereocenters.